The molecule has 0 aliphatic carbocycles. The molecule has 23 heavy (non-hydrogen) atoms. The first kappa shape index (κ1) is 14.2. The molecule has 3 aromatic rings. The van der Waals surface area contributed by atoms with E-state index in [9.17, 15) is 0 Å². The average molecular weight is 308 g/mol. The predicted octanol–water partition coefficient (Wildman–Crippen LogP) is 3.71. The van der Waals surface area contributed by atoms with Gasteiger partial charge in [0.2, 0.25) is 0 Å². The van der Waals surface area contributed by atoms with Gasteiger partial charge in [0.15, 0.2) is 0 Å². The van der Waals surface area contributed by atoms with Gasteiger partial charge in [-0.25, -0.2) is 0 Å². The molecule has 4 rings (SSSR count). The van der Waals surface area contributed by atoms with Gasteiger partial charge in [-0.05, 0) is 31.9 Å². The van der Waals surface area contributed by atoms with E-state index in [1.807, 2.05) is 19.2 Å². The summed E-state index contributed by atoms with van der Waals surface area (Å²) in [6.07, 6.45) is 4.26. The number of nitrogens with zero attached hydrogens (tertiary/aromatic N) is 3. The molecule has 0 unspecified atom stereocenters. The van der Waals surface area contributed by atoms with Crippen LogP contribution >= 0.6 is 0 Å². The van der Waals surface area contributed by atoms with Crippen LogP contribution in [0.15, 0.2) is 47.1 Å². The highest BCUT2D eigenvalue weighted by Gasteiger charge is 2.29. The maximum Gasteiger partial charge on any atom is 0.133 e. The topological polar surface area (TPSA) is 58.0 Å². The van der Waals surface area contributed by atoms with Crippen molar-refractivity contribution in [2.24, 2.45) is 0 Å². The standard InChI is InChI=1S/C18H20N4O/c1-13-10-16(21-23-13)17-8-5-9-22(17)12-15-11-19-20-18(15)14-6-3-2-4-7-14/h2-4,6-7,10-11,17H,5,8-9,12H2,1H3,(H,19,20)/t17-/m0/s1. The highest BCUT2D eigenvalue weighted by molar-refractivity contribution is 5.62. The van der Waals surface area contributed by atoms with Crippen LogP contribution in [-0.4, -0.2) is 26.8 Å². The van der Waals surface area contributed by atoms with Crippen LogP contribution in [0, 0.1) is 6.92 Å². The Balaban J connectivity index is 1.58. The first-order valence-corrected chi connectivity index (χ1v) is 8.06. The molecule has 1 saturated heterocycles. The molecule has 0 bridgehead atoms. The van der Waals surface area contributed by atoms with Crippen molar-refractivity contribution in [1.82, 2.24) is 20.3 Å². The van der Waals surface area contributed by atoms with Crippen LogP contribution < -0.4 is 0 Å². The van der Waals surface area contributed by atoms with Crippen molar-refractivity contribution >= 4 is 0 Å². The largest absolute Gasteiger partial charge is 0.361 e. The zero-order valence-corrected chi connectivity index (χ0v) is 13.2. The first-order chi connectivity index (χ1) is 11.3. The number of rotatable bonds is 4. The Morgan fingerprint density at radius 3 is 2.96 bits per heavy atom. The molecule has 1 atom stereocenters. The summed E-state index contributed by atoms with van der Waals surface area (Å²) in [5.41, 5.74) is 4.55. The second-order valence-electron chi connectivity index (χ2n) is 6.13. The van der Waals surface area contributed by atoms with E-state index in [4.69, 9.17) is 4.52 Å². The molecule has 5 nitrogen and oxygen atoms in total. The number of aryl methyl sites for hydroxylation is 1. The quantitative estimate of drug-likeness (QED) is 0.798. The highest BCUT2D eigenvalue weighted by atomic mass is 16.5. The molecule has 1 aliphatic heterocycles. The molecule has 2 aromatic heterocycles. The van der Waals surface area contributed by atoms with E-state index in [0.717, 1.165) is 36.7 Å². The summed E-state index contributed by atoms with van der Waals surface area (Å²) in [6, 6.07) is 12.7. The van der Waals surface area contributed by atoms with E-state index < -0.39 is 0 Å². The van der Waals surface area contributed by atoms with Gasteiger partial charge in [-0.2, -0.15) is 5.10 Å². The molecule has 1 aromatic carbocycles. The third-order valence-electron chi connectivity index (χ3n) is 4.51. The van der Waals surface area contributed by atoms with Gasteiger partial charge >= 0.3 is 0 Å². The van der Waals surface area contributed by atoms with Crippen molar-refractivity contribution < 1.29 is 4.52 Å². The van der Waals surface area contributed by atoms with E-state index in [2.05, 4.69) is 50.6 Å². The van der Waals surface area contributed by atoms with E-state index in [1.165, 1.54) is 17.5 Å². The van der Waals surface area contributed by atoms with Crippen LogP contribution in [0.1, 0.15) is 35.9 Å². The molecule has 3 heterocycles. The number of aromatic nitrogens is 3. The van der Waals surface area contributed by atoms with E-state index in [0.29, 0.717) is 6.04 Å². The minimum Gasteiger partial charge on any atom is -0.361 e. The van der Waals surface area contributed by atoms with E-state index in [1.54, 1.807) is 0 Å². The monoisotopic (exact) mass is 308 g/mol. The lowest BCUT2D eigenvalue weighted by molar-refractivity contribution is 0.237. The molecular weight excluding hydrogens is 288 g/mol. The highest BCUT2D eigenvalue weighted by Crippen LogP contribution is 2.34. The Labute approximate surface area is 135 Å². The summed E-state index contributed by atoms with van der Waals surface area (Å²) < 4.78 is 5.26. The van der Waals surface area contributed by atoms with Gasteiger partial charge in [0.25, 0.3) is 0 Å². The fraction of sp³-hybridized carbons (Fsp3) is 0.333. The van der Waals surface area contributed by atoms with Crippen molar-refractivity contribution in [3.8, 4) is 11.3 Å². The Morgan fingerprint density at radius 1 is 1.30 bits per heavy atom. The van der Waals surface area contributed by atoms with Crippen molar-refractivity contribution in [2.45, 2.75) is 32.4 Å². The fourth-order valence-electron chi connectivity index (χ4n) is 3.40. The van der Waals surface area contributed by atoms with Crippen molar-refractivity contribution in [1.29, 1.82) is 0 Å². The minimum absolute atomic E-state index is 0.339. The molecule has 0 saturated carbocycles. The lowest BCUT2D eigenvalue weighted by Crippen LogP contribution is -2.23. The third kappa shape index (κ3) is 2.80. The van der Waals surface area contributed by atoms with Gasteiger partial charge in [0, 0.05) is 18.2 Å². The fourth-order valence-corrected chi connectivity index (χ4v) is 3.40. The number of nitrogens with one attached hydrogen (secondary N) is 1. The van der Waals surface area contributed by atoms with Gasteiger partial charge in [-0.3, -0.25) is 10.00 Å². The second-order valence-corrected chi connectivity index (χ2v) is 6.13. The Morgan fingerprint density at radius 2 is 2.17 bits per heavy atom. The van der Waals surface area contributed by atoms with Gasteiger partial charge in [0.05, 0.1) is 17.9 Å². The zero-order chi connectivity index (χ0) is 15.6. The molecule has 0 amide bonds. The van der Waals surface area contributed by atoms with Crippen LogP contribution in [0.4, 0.5) is 0 Å². The SMILES string of the molecule is Cc1cc([C@@H]2CCCN2Cc2cn[nH]c2-c2ccccc2)no1. The predicted molar refractivity (Wildman–Crippen MR) is 87.6 cm³/mol. The molecule has 5 heteroatoms. The summed E-state index contributed by atoms with van der Waals surface area (Å²) in [7, 11) is 0. The summed E-state index contributed by atoms with van der Waals surface area (Å²) >= 11 is 0. The zero-order valence-electron chi connectivity index (χ0n) is 13.2. The lowest BCUT2D eigenvalue weighted by atomic mass is 10.1. The van der Waals surface area contributed by atoms with Gasteiger partial charge in [0.1, 0.15) is 11.5 Å². The lowest BCUT2D eigenvalue weighted by Gasteiger charge is -2.22. The van der Waals surface area contributed by atoms with Crippen LogP contribution in [-0.2, 0) is 6.54 Å². The van der Waals surface area contributed by atoms with Gasteiger partial charge in [-0.1, -0.05) is 35.5 Å². The summed E-state index contributed by atoms with van der Waals surface area (Å²) in [5.74, 6) is 0.875. The molecule has 0 spiro atoms. The van der Waals surface area contributed by atoms with Crippen molar-refractivity contribution in [3.63, 3.8) is 0 Å². The average Bonchev–Trinajstić information content (AvgIpc) is 3.29. The summed E-state index contributed by atoms with van der Waals surface area (Å²) in [5, 5.41) is 11.6. The maximum absolute atomic E-state index is 5.26. The molecule has 1 fully saturated rings. The van der Waals surface area contributed by atoms with Crippen LogP contribution in [0.3, 0.4) is 0 Å². The smallest absolute Gasteiger partial charge is 0.133 e. The molecule has 0 radical (unpaired) electrons. The number of H-pyrrole nitrogens is 1. The second kappa shape index (κ2) is 6.01. The van der Waals surface area contributed by atoms with Crippen LogP contribution in [0.25, 0.3) is 11.3 Å². The van der Waals surface area contributed by atoms with Crippen molar-refractivity contribution in [2.75, 3.05) is 6.54 Å². The molecule has 1 aliphatic rings. The first-order valence-electron chi connectivity index (χ1n) is 8.06. The minimum atomic E-state index is 0.339. The normalized spacial score (nSPS) is 18.6. The Kier molecular flexibility index (Phi) is 3.71. The summed E-state index contributed by atoms with van der Waals surface area (Å²) in [6.45, 7) is 3.90. The molecule has 1 N–H and O–H groups in total. The van der Waals surface area contributed by atoms with Crippen LogP contribution in [0.5, 0.6) is 0 Å². The molecule has 118 valence electrons. The summed E-state index contributed by atoms with van der Waals surface area (Å²) in [4.78, 5) is 2.47. The van der Waals surface area contributed by atoms with E-state index >= 15 is 0 Å². The third-order valence-corrected chi connectivity index (χ3v) is 4.51. The van der Waals surface area contributed by atoms with Crippen LogP contribution in [0.2, 0.25) is 0 Å². The Bertz CT molecular complexity index is 777. The number of hydrogen-bond acceptors (Lipinski definition) is 4. The van der Waals surface area contributed by atoms with Gasteiger partial charge in [-0.15, -0.1) is 0 Å². The number of benzene rings is 1. The number of likely N-dealkylation sites (tertiary alicyclic amines) is 1. The Hall–Kier alpha value is -2.40. The van der Waals surface area contributed by atoms with Crippen molar-refractivity contribution in [3.05, 3.63) is 59.6 Å². The maximum atomic E-state index is 5.26. The molecular formula is C18H20N4O. The van der Waals surface area contributed by atoms with E-state index in [-0.39, 0.29) is 0 Å². The number of hydrogen-bond donors (Lipinski definition) is 1. The number of aromatic amines is 1. The van der Waals surface area contributed by atoms with Gasteiger partial charge < -0.3 is 4.52 Å².